The molecular weight excluding hydrogens is 195 g/mol. The summed E-state index contributed by atoms with van der Waals surface area (Å²) in [5, 5.41) is 8.67. The van der Waals surface area contributed by atoms with Crippen molar-refractivity contribution >= 4 is 5.78 Å². The molecule has 2 nitrogen and oxygen atoms in total. The van der Waals surface area contributed by atoms with Crippen LogP contribution in [0.4, 0.5) is 4.39 Å². The van der Waals surface area contributed by atoms with Crippen LogP contribution in [-0.4, -0.2) is 17.5 Å². The highest BCUT2D eigenvalue weighted by Gasteiger charge is 2.10. The fourth-order valence-electron chi connectivity index (χ4n) is 1.42. The van der Waals surface area contributed by atoms with Gasteiger partial charge in [-0.2, -0.15) is 0 Å². The molecule has 15 heavy (non-hydrogen) atoms. The fourth-order valence-corrected chi connectivity index (χ4v) is 1.42. The summed E-state index contributed by atoms with van der Waals surface area (Å²) in [5.74, 6) is -0.645. The van der Waals surface area contributed by atoms with Gasteiger partial charge in [0, 0.05) is 13.0 Å². The topological polar surface area (TPSA) is 37.3 Å². The Labute approximate surface area is 88.7 Å². The largest absolute Gasteiger partial charge is 0.396 e. The maximum absolute atomic E-state index is 13.3. The second-order valence-electron chi connectivity index (χ2n) is 3.42. The van der Waals surface area contributed by atoms with Crippen LogP contribution in [0, 0.1) is 5.82 Å². The summed E-state index contributed by atoms with van der Waals surface area (Å²) in [6.07, 6.45) is 1.60. The summed E-state index contributed by atoms with van der Waals surface area (Å²) in [6, 6.07) is 4.55. The number of aliphatic hydroxyl groups excluding tert-OH is 1. The van der Waals surface area contributed by atoms with Gasteiger partial charge in [-0.15, -0.1) is 0 Å². The lowest BCUT2D eigenvalue weighted by atomic mass is 10.0. The second kappa shape index (κ2) is 5.61. The maximum Gasteiger partial charge on any atom is 0.165 e. The lowest BCUT2D eigenvalue weighted by molar-refractivity contribution is 0.0984. The normalized spacial score (nSPS) is 10.3. The van der Waals surface area contributed by atoms with Crippen LogP contribution in [0.5, 0.6) is 0 Å². The van der Waals surface area contributed by atoms with E-state index in [-0.39, 0.29) is 18.0 Å². The Bertz CT molecular complexity index is 347. The number of aryl methyl sites for hydroxylation is 1. The molecule has 0 unspecified atom stereocenters. The predicted octanol–water partition coefficient (Wildman–Crippen LogP) is 2.34. The molecule has 0 amide bonds. The number of carbonyl (C=O) groups is 1. The van der Waals surface area contributed by atoms with Crippen molar-refractivity contribution in [2.75, 3.05) is 6.61 Å². The van der Waals surface area contributed by atoms with Crippen molar-refractivity contribution in [2.24, 2.45) is 0 Å². The van der Waals surface area contributed by atoms with E-state index in [1.54, 1.807) is 19.1 Å². The summed E-state index contributed by atoms with van der Waals surface area (Å²) in [5.41, 5.74) is 1.05. The molecule has 0 aliphatic carbocycles. The predicted molar refractivity (Wildman–Crippen MR) is 56.4 cm³/mol. The smallest absolute Gasteiger partial charge is 0.165 e. The molecule has 0 bridgehead atoms. The molecule has 0 aliphatic rings. The van der Waals surface area contributed by atoms with Crippen molar-refractivity contribution in [2.45, 2.75) is 26.2 Å². The van der Waals surface area contributed by atoms with Crippen molar-refractivity contribution in [3.8, 4) is 0 Å². The molecule has 1 rings (SSSR count). The van der Waals surface area contributed by atoms with Gasteiger partial charge in [-0.1, -0.05) is 13.0 Å². The monoisotopic (exact) mass is 210 g/mol. The van der Waals surface area contributed by atoms with Crippen LogP contribution >= 0.6 is 0 Å². The number of hydrogen-bond donors (Lipinski definition) is 1. The van der Waals surface area contributed by atoms with E-state index in [9.17, 15) is 9.18 Å². The van der Waals surface area contributed by atoms with Gasteiger partial charge in [-0.25, -0.2) is 4.39 Å². The van der Waals surface area contributed by atoms with Crippen molar-refractivity contribution in [3.63, 3.8) is 0 Å². The van der Waals surface area contributed by atoms with Crippen molar-refractivity contribution in [3.05, 3.63) is 35.1 Å². The minimum atomic E-state index is -0.463. The average Bonchev–Trinajstić information content (AvgIpc) is 2.27. The minimum Gasteiger partial charge on any atom is -0.396 e. The minimum absolute atomic E-state index is 0.106. The highest BCUT2D eigenvalue weighted by atomic mass is 19.1. The molecular formula is C12H15FO2. The van der Waals surface area contributed by atoms with Gasteiger partial charge in [0.05, 0.1) is 5.56 Å². The Morgan fingerprint density at radius 3 is 2.80 bits per heavy atom. The average molecular weight is 210 g/mol. The first-order valence-corrected chi connectivity index (χ1v) is 5.11. The van der Waals surface area contributed by atoms with Gasteiger partial charge in [-0.05, 0) is 30.5 Å². The van der Waals surface area contributed by atoms with Gasteiger partial charge >= 0.3 is 0 Å². The molecule has 0 atom stereocenters. The van der Waals surface area contributed by atoms with Gasteiger partial charge in [0.2, 0.25) is 0 Å². The molecule has 1 N–H and O–H groups in total. The number of halogens is 1. The van der Waals surface area contributed by atoms with E-state index in [1.165, 1.54) is 6.07 Å². The number of ketones is 1. The fraction of sp³-hybridized carbons (Fsp3) is 0.417. The van der Waals surface area contributed by atoms with Crippen LogP contribution in [0.1, 0.15) is 35.7 Å². The molecule has 0 saturated carbocycles. The van der Waals surface area contributed by atoms with E-state index < -0.39 is 5.82 Å². The van der Waals surface area contributed by atoms with Crippen LogP contribution in [0.25, 0.3) is 0 Å². The summed E-state index contributed by atoms with van der Waals surface area (Å²) >= 11 is 0. The first-order chi connectivity index (χ1) is 7.19. The molecule has 82 valence electrons. The van der Waals surface area contributed by atoms with E-state index in [4.69, 9.17) is 5.11 Å². The van der Waals surface area contributed by atoms with E-state index in [1.807, 2.05) is 0 Å². The molecule has 1 aromatic carbocycles. The first-order valence-electron chi connectivity index (χ1n) is 5.11. The zero-order valence-corrected chi connectivity index (χ0v) is 8.79. The Kier molecular flexibility index (Phi) is 4.43. The van der Waals surface area contributed by atoms with Crippen LogP contribution in [0.3, 0.4) is 0 Å². The summed E-state index contributed by atoms with van der Waals surface area (Å²) in [4.78, 5) is 11.4. The van der Waals surface area contributed by atoms with E-state index in [0.29, 0.717) is 19.3 Å². The molecule has 0 spiro atoms. The van der Waals surface area contributed by atoms with Crippen LogP contribution in [0.2, 0.25) is 0 Å². The van der Waals surface area contributed by atoms with Crippen LogP contribution in [0.15, 0.2) is 18.2 Å². The number of carbonyl (C=O) groups excluding carboxylic acids is 1. The molecule has 3 heteroatoms. The quantitative estimate of drug-likeness (QED) is 0.757. The Morgan fingerprint density at radius 1 is 1.47 bits per heavy atom. The molecule has 0 aliphatic heterocycles. The lowest BCUT2D eigenvalue weighted by Gasteiger charge is -2.04. The van der Waals surface area contributed by atoms with Crippen molar-refractivity contribution in [1.82, 2.24) is 0 Å². The zero-order valence-electron chi connectivity index (χ0n) is 8.79. The Balaban J connectivity index is 2.89. The van der Waals surface area contributed by atoms with Gasteiger partial charge < -0.3 is 5.11 Å². The second-order valence-corrected chi connectivity index (χ2v) is 3.42. The standard InChI is InChI=1S/C12H15FO2/c1-2-12(15)10-8-9(4-3-7-14)5-6-11(10)13/h5-6,8,14H,2-4,7H2,1H3. The number of benzene rings is 1. The molecule has 0 radical (unpaired) electrons. The van der Waals surface area contributed by atoms with Crippen LogP contribution in [-0.2, 0) is 6.42 Å². The molecule has 0 fully saturated rings. The number of Topliss-reactive ketones (excluding diaryl/α,β-unsaturated/α-hetero) is 1. The van der Waals surface area contributed by atoms with Gasteiger partial charge in [-0.3, -0.25) is 4.79 Å². The first kappa shape index (κ1) is 11.9. The lowest BCUT2D eigenvalue weighted by Crippen LogP contribution is -2.02. The van der Waals surface area contributed by atoms with E-state index in [0.717, 1.165) is 5.56 Å². The summed E-state index contributed by atoms with van der Waals surface area (Å²) in [6.45, 7) is 1.82. The SMILES string of the molecule is CCC(=O)c1cc(CCCO)ccc1F. The molecule has 0 heterocycles. The third-order valence-corrected chi connectivity index (χ3v) is 2.28. The number of aliphatic hydroxyl groups is 1. The third kappa shape index (κ3) is 3.13. The van der Waals surface area contributed by atoms with Crippen LogP contribution < -0.4 is 0 Å². The third-order valence-electron chi connectivity index (χ3n) is 2.28. The molecule has 1 aromatic rings. The molecule has 0 aromatic heterocycles. The van der Waals surface area contributed by atoms with Crippen molar-refractivity contribution in [1.29, 1.82) is 0 Å². The zero-order chi connectivity index (χ0) is 11.3. The summed E-state index contributed by atoms with van der Waals surface area (Å²) in [7, 11) is 0. The molecule has 0 saturated heterocycles. The number of rotatable bonds is 5. The summed E-state index contributed by atoms with van der Waals surface area (Å²) < 4.78 is 13.3. The van der Waals surface area contributed by atoms with Gasteiger partial charge in [0.15, 0.2) is 5.78 Å². The highest BCUT2D eigenvalue weighted by Crippen LogP contribution is 2.14. The Hall–Kier alpha value is -1.22. The van der Waals surface area contributed by atoms with Gasteiger partial charge in [0.1, 0.15) is 5.82 Å². The van der Waals surface area contributed by atoms with E-state index in [2.05, 4.69) is 0 Å². The van der Waals surface area contributed by atoms with Gasteiger partial charge in [0.25, 0.3) is 0 Å². The van der Waals surface area contributed by atoms with Crippen molar-refractivity contribution < 1.29 is 14.3 Å². The maximum atomic E-state index is 13.3. The van der Waals surface area contributed by atoms with E-state index >= 15 is 0 Å². The highest BCUT2D eigenvalue weighted by molar-refractivity contribution is 5.96. The Morgan fingerprint density at radius 2 is 2.20 bits per heavy atom. The number of hydrogen-bond acceptors (Lipinski definition) is 2.